The molecule has 1 atom stereocenters. The molecule has 0 aliphatic carbocycles. The van der Waals surface area contributed by atoms with Crippen molar-refractivity contribution in [1.82, 2.24) is 15.2 Å². The molecule has 3 heteroatoms. The first-order chi connectivity index (χ1) is 7.93. The van der Waals surface area contributed by atoms with Gasteiger partial charge in [-0.05, 0) is 37.2 Å². The highest BCUT2D eigenvalue weighted by atomic mass is 15.1. The van der Waals surface area contributed by atoms with Gasteiger partial charge in [0.2, 0.25) is 0 Å². The lowest BCUT2D eigenvalue weighted by atomic mass is 9.86. The fourth-order valence-electron chi connectivity index (χ4n) is 1.97. The van der Waals surface area contributed by atoms with E-state index in [1.165, 1.54) is 5.56 Å². The minimum absolute atomic E-state index is 0.279. The first-order valence-electron chi connectivity index (χ1n) is 6.18. The molecule has 0 saturated carbocycles. The van der Waals surface area contributed by atoms with E-state index in [1.54, 1.807) is 0 Å². The summed E-state index contributed by atoms with van der Waals surface area (Å²) in [6.45, 7) is 8.83. The molecule has 0 fully saturated rings. The van der Waals surface area contributed by atoms with Crippen LogP contribution in [-0.4, -0.2) is 36.6 Å². The van der Waals surface area contributed by atoms with Crippen LogP contribution in [0.1, 0.15) is 26.3 Å². The van der Waals surface area contributed by atoms with Crippen molar-refractivity contribution in [2.75, 3.05) is 20.6 Å². The molecular weight excluding hydrogens is 210 g/mol. The summed E-state index contributed by atoms with van der Waals surface area (Å²) in [6, 6.07) is 4.64. The van der Waals surface area contributed by atoms with Gasteiger partial charge in [-0.25, -0.2) is 0 Å². The minimum Gasteiger partial charge on any atom is -0.315 e. The van der Waals surface area contributed by atoms with Crippen LogP contribution in [0.15, 0.2) is 24.5 Å². The maximum Gasteiger partial charge on any atom is 0.0271 e. The van der Waals surface area contributed by atoms with Crippen molar-refractivity contribution in [3.8, 4) is 0 Å². The number of hydrogen-bond donors (Lipinski definition) is 1. The Balaban J connectivity index is 2.51. The normalized spacial score (nSPS) is 14.0. The zero-order chi connectivity index (χ0) is 12.9. The fourth-order valence-corrected chi connectivity index (χ4v) is 1.97. The Hall–Kier alpha value is -0.930. The van der Waals surface area contributed by atoms with E-state index in [0.29, 0.717) is 6.04 Å². The molecule has 1 heterocycles. The average Bonchev–Trinajstić information content (AvgIpc) is 2.25. The molecule has 1 rings (SSSR count). The summed E-state index contributed by atoms with van der Waals surface area (Å²) in [7, 11) is 4.20. The molecule has 3 nitrogen and oxygen atoms in total. The van der Waals surface area contributed by atoms with E-state index >= 15 is 0 Å². The number of likely N-dealkylation sites (N-methyl/N-ethyl adjacent to an activating group) is 2. The smallest absolute Gasteiger partial charge is 0.0271 e. The summed E-state index contributed by atoms with van der Waals surface area (Å²) < 4.78 is 0. The van der Waals surface area contributed by atoms with E-state index in [2.05, 4.69) is 55.2 Å². The van der Waals surface area contributed by atoms with Crippen molar-refractivity contribution < 1.29 is 0 Å². The Morgan fingerprint density at radius 2 is 1.88 bits per heavy atom. The van der Waals surface area contributed by atoms with Gasteiger partial charge < -0.3 is 10.2 Å². The topological polar surface area (TPSA) is 28.2 Å². The Morgan fingerprint density at radius 1 is 1.29 bits per heavy atom. The van der Waals surface area contributed by atoms with E-state index in [4.69, 9.17) is 0 Å². The van der Waals surface area contributed by atoms with Crippen molar-refractivity contribution in [3.05, 3.63) is 30.1 Å². The molecule has 0 spiro atoms. The maximum absolute atomic E-state index is 4.04. The van der Waals surface area contributed by atoms with E-state index in [-0.39, 0.29) is 5.41 Å². The van der Waals surface area contributed by atoms with Crippen LogP contribution in [0.5, 0.6) is 0 Å². The molecule has 1 unspecified atom stereocenters. The molecule has 96 valence electrons. The lowest BCUT2D eigenvalue weighted by Crippen LogP contribution is -2.45. The van der Waals surface area contributed by atoms with Crippen LogP contribution >= 0.6 is 0 Å². The SMILES string of the molecule is CNC(CN(C)Cc1ccncc1)C(C)(C)C. The molecular formula is C14H25N3. The molecule has 1 N–H and O–H groups in total. The summed E-state index contributed by atoms with van der Waals surface area (Å²) in [5.41, 5.74) is 1.59. The second kappa shape index (κ2) is 6.12. The first kappa shape index (κ1) is 14.1. The molecule has 0 radical (unpaired) electrons. The second-order valence-electron chi connectivity index (χ2n) is 5.76. The van der Waals surface area contributed by atoms with Crippen molar-refractivity contribution in [1.29, 1.82) is 0 Å². The Bertz CT molecular complexity index is 316. The highest BCUT2D eigenvalue weighted by molar-refractivity contribution is 5.09. The third kappa shape index (κ3) is 4.84. The van der Waals surface area contributed by atoms with Gasteiger partial charge in [0.15, 0.2) is 0 Å². The Labute approximate surface area is 105 Å². The van der Waals surface area contributed by atoms with E-state index in [9.17, 15) is 0 Å². The van der Waals surface area contributed by atoms with Crippen LogP contribution in [0, 0.1) is 5.41 Å². The molecule has 17 heavy (non-hydrogen) atoms. The molecule has 0 aliphatic rings. The number of hydrogen-bond acceptors (Lipinski definition) is 3. The largest absolute Gasteiger partial charge is 0.315 e. The number of nitrogens with one attached hydrogen (secondary N) is 1. The van der Waals surface area contributed by atoms with Crippen molar-refractivity contribution in [2.45, 2.75) is 33.4 Å². The lowest BCUT2D eigenvalue weighted by Gasteiger charge is -2.33. The first-order valence-corrected chi connectivity index (χ1v) is 6.18. The van der Waals surface area contributed by atoms with E-state index in [1.807, 2.05) is 19.4 Å². The van der Waals surface area contributed by atoms with E-state index in [0.717, 1.165) is 13.1 Å². The minimum atomic E-state index is 0.279. The quantitative estimate of drug-likeness (QED) is 0.847. The zero-order valence-corrected chi connectivity index (χ0v) is 11.7. The molecule has 0 saturated heterocycles. The molecule has 1 aromatic rings. The van der Waals surface area contributed by atoms with Crippen LogP contribution in [0.25, 0.3) is 0 Å². The highest BCUT2D eigenvalue weighted by Gasteiger charge is 2.23. The predicted molar refractivity (Wildman–Crippen MR) is 72.9 cm³/mol. The van der Waals surface area contributed by atoms with Crippen LogP contribution in [0.2, 0.25) is 0 Å². The maximum atomic E-state index is 4.04. The number of nitrogens with zero attached hydrogens (tertiary/aromatic N) is 2. The summed E-state index contributed by atoms with van der Waals surface area (Å²) in [6.07, 6.45) is 3.70. The van der Waals surface area contributed by atoms with Gasteiger partial charge in [-0.1, -0.05) is 20.8 Å². The van der Waals surface area contributed by atoms with Crippen LogP contribution in [-0.2, 0) is 6.54 Å². The monoisotopic (exact) mass is 235 g/mol. The van der Waals surface area contributed by atoms with Crippen molar-refractivity contribution in [2.24, 2.45) is 5.41 Å². The van der Waals surface area contributed by atoms with Gasteiger partial charge in [0.25, 0.3) is 0 Å². The number of rotatable bonds is 5. The third-order valence-electron chi connectivity index (χ3n) is 3.09. The zero-order valence-electron chi connectivity index (χ0n) is 11.7. The second-order valence-corrected chi connectivity index (χ2v) is 5.76. The number of aromatic nitrogens is 1. The molecule has 0 amide bonds. The third-order valence-corrected chi connectivity index (χ3v) is 3.09. The van der Waals surface area contributed by atoms with Gasteiger partial charge in [0.05, 0.1) is 0 Å². The molecule has 0 bridgehead atoms. The molecule has 0 aromatic carbocycles. The van der Waals surface area contributed by atoms with Crippen molar-refractivity contribution in [3.63, 3.8) is 0 Å². The van der Waals surface area contributed by atoms with Gasteiger partial charge in [-0.3, -0.25) is 4.98 Å². The van der Waals surface area contributed by atoms with E-state index < -0.39 is 0 Å². The van der Waals surface area contributed by atoms with Gasteiger partial charge in [-0.15, -0.1) is 0 Å². The Morgan fingerprint density at radius 3 is 2.35 bits per heavy atom. The summed E-state index contributed by atoms with van der Waals surface area (Å²) >= 11 is 0. The van der Waals surface area contributed by atoms with Crippen LogP contribution in [0.3, 0.4) is 0 Å². The summed E-state index contributed by atoms with van der Waals surface area (Å²) in [4.78, 5) is 6.39. The average molecular weight is 235 g/mol. The number of pyridine rings is 1. The molecule has 1 aromatic heterocycles. The van der Waals surface area contributed by atoms with Gasteiger partial charge in [0, 0.05) is 31.5 Å². The summed E-state index contributed by atoms with van der Waals surface area (Å²) in [5, 5.41) is 3.40. The van der Waals surface area contributed by atoms with Crippen molar-refractivity contribution >= 4 is 0 Å². The van der Waals surface area contributed by atoms with Gasteiger partial charge in [-0.2, -0.15) is 0 Å². The standard InChI is InChI=1S/C14H25N3/c1-14(2,3)13(15-4)11-17(5)10-12-6-8-16-9-7-12/h6-9,13,15H,10-11H2,1-5H3. The highest BCUT2D eigenvalue weighted by Crippen LogP contribution is 2.19. The Kier molecular flexibility index (Phi) is 5.09. The van der Waals surface area contributed by atoms with Gasteiger partial charge >= 0.3 is 0 Å². The van der Waals surface area contributed by atoms with Gasteiger partial charge in [0.1, 0.15) is 0 Å². The molecule has 0 aliphatic heterocycles. The lowest BCUT2D eigenvalue weighted by molar-refractivity contribution is 0.198. The summed E-state index contributed by atoms with van der Waals surface area (Å²) in [5.74, 6) is 0. The predicted octanol–water partition coefficient (Wildman–Crippen LogP) is 2.15. The van der Waals surface area contributed by atoms with Crippen LogP contribution in [0.4, 0.5) is 0 Å². The fraction of sp³-hybridized carbons (Fsp3) is 0.643. The van der Waals surface area contributed by atoms with Crippen LogP contribution < -0.4 is 5.32 Å².